The summed E-state index contributed by atoms with van der Waals surface area (Å²) in [5, 5.41) is 4.14. The van der Waals surface area contributed by atoms with Crippen LogP contribution in [-0.4, -0.2) is 6.54 Å². The maximum Gasteiger partial charge on any atom is 0.0641 e. The molecule has 1 aliphatic heterocycles. The summed E-state index contributed by atoms with van der Waals surface area (Å²) in [6.07, 6.45) is 2.30. The van der Waals surface area contributed by atoms with Gasteiger partial charge in [-0.05, 0) is 30.5 Å². The normalized spacial score (nSPS) is 14.0. The molecule has 1 heterocycles. The highest BCUT2D eigenvalue weighted by molar-refractivity contribution is 9.10. The Morgan fingerprint density at radius 1 is 1.38 bits per heavy atom. The van der Waals surface area contributed by atoms with Crippen molar-refractivity contribution in [3.05, 3.63) is 27.2 Å². The monoisotopic (exact) mass is 281 g/mol. The summed E-state index contributed by atoms with van der Waals surface area (Å²) in [4.78, 5) is 0. The van der Waals surface area contributed by atoms with E-state index in [9.17, 15) is 0 Å². The molecular formula is C9H10BrCl2N. The predicted molar refractivity (Wildman–Crippen MR) is 63.2 cm³/mol. The molecule has 0 radical (unpaired) electrons. The van der Waals surface area contributed by atoms with Gasteiger partial charge in [0.05, 0.1) is 10.7 Å². The van der Waals surface area contributed by atoms with Gasteiger partial charge in [0, 0.05) is 11.0 Å². The lowest BCUT2D eigenvalue weighted by molar-refractivity contribution is 0.827. The lowest BCUT2D eigenvalue weighted by atomic mass is 10.0. The van der Waals surface area contributed by atoms with Crippen LogP contribution in [0.2, 0.25) is 5.02 Å². The molecule has 2 rings (SSSR count). The Morgan fingerprint density at radius 3 is 2.85 bits per heavy atom. The largest absolute Gasteiger partial charge is 0.384 e. The zero-order valence-corrected chi connectivity index (χ0v) is 10.1. The van der Waals surface area contributed by atoms with Crippen LogP contribution in [0.1, 0.15) is 12.0 Å². The second-order valence-corrected chi connectivity index (χ2v) is 4.17. The van der Waals surface area contributed by atoms with Crippen molar-refractivity contribution in [2.45, 2.75) is 12.8 Å². The second-order valence-electron chi connectivity index (χ2n) is 2.91. The third-order valence-corrected chi connectivity index (χ3v) is 3.17. The van der Waals surface area contributed by atoms with Crippen molar-refractivity contribution in [1.82, 2.24) is 0 Å². The van der Waals surface area contributed by atoms with Crippen molar-refractivity contribution in [3.63, 3.8) is 0 Å². The molecule has 1 nitrogen and oxygen atoms in total. The van der Waals surface area contributed by atoms with Crippen LogP contribution in [0.3, 0.4) is 0 Å². The maximum absolute atomic E-state index is 6.03. The first-order valence-electron chi connectivity index (χ1n) is 4.00. The molecule has 0 aliphatic carbocycles. The molecule has 4 heteroatoms. The second kappa shape index (κ2) is 4.54. The lowest BCUT2D eigenvalue weighted by Crippen LogP contribution is -2.12. The van der Waals surface area contributed by atoms with E-state index in [2.05, 4.69) is 21.2 Å². The van der Waals surface area contributed by atoms with Crippen molar-refractivity contribution in [2.75, 3.05) is 11.9 Å². The van der Waals surface area contributed by atoms with Gasteiger partial charge in [-0.1, -0.05) is 27.5 Å². The van der Waals surface area contributed by atoms with E-state index >= 15 is 0 Å². The highest BCUT2D eigenvalue weighted by atomic mass is 79.9. The number of anilines is 1. The van der Waals surface area contributed by atoms with Crippen molar-refractivity contribution < 1.29 is 0 Å². The number of halogens is 3. The molecule has 1 aromatic rings. The summed E-state index contributed by atoms with van der Waals surface area (Å²) < 4.78 is 1.16. The van der Waals surface area contributed by atoms with E-state index in [0.29, 0.717) is 0 Å². The molecule has 13 heavy (non-hydrogen) atoms. The Kier molecular flexibility index (Phi) is 3.89. The molecule has 0 unspecified atom stereocenters. The standard InChI is InChI=1S/C9H9BrClN.ClH/c10-7-3-4-8(11)9-6(7)2-1-5-12-9;/h3-4,12H,1-2,5H2;1H. The van der Waals surface area contributed by atoms with Crippen molar-refractivity contribution >= 4 is 45.6 Å². The van der Waals surface area contributed by atoms with Crippen LogP contribution in [0.25, 0.3) is 0 Å². The number of rotatable bonds is 0. The van der Waals surface area contributed by atoms with Gasteiger partial charge in [-0.15, -0.1) is 12.4 Å². The fourth-order valence-electron chi connectivity index (χ4n) is 1.51. The first-order chi connectivity index (χ1) is 5.79. The molecule has 1 aliphatic rings. The zero-order chi connectivity index (χ0) is 8.55. The Hall–Kier alpha value is 0.0800. The number of hydrogen-bond acceptors (Lipinski definition) is 1. The maximum atomic E-state index is 6.03. The van der Waals surface area contributed by atoms with Crippen LogP contribution in [-0.2, 0) is 6.42 Å². The van der Waals surface area contributed by atoms with Crippen LogP contribution in [0.15, 0.2) is 16.6 Å². The minimum atomic E-state index is 0. The Morgan fingerprint density at radius 2 is 2.15 bits per heavy atom. The SMILES string of the molecule is Cl.Clc1ccc(Br)c2c1NCCC2. The van der Waals surface area contributed by atoms with Gasteiger partial charge in [0.2, 0.25) is 0 Å². The summed E-state index contributed by atoms with van der Waals surface area (Å²) in [6.45, 7) is 1.03. The summed E-state index contributed by atoms with van der Waals surface area (Å²) in [6, 6.07) is 3.93. The van der Waals surface area contributed by atoms with Gasteiger partial charge in [-0.3, -0.25) is 0 Å². The summed E-state index contributed by atoms with van der Waals surface area (Å²) in [5.41, 5.74) is 2.42. The van der Waals surface area contributed by atoms with Gasteiger partial charge >= 0.3 is 0 Å². The van der Waals surface area contributed by atoms with E-state index in [0.717, 1.165) is 28.1 Å². The molecule has 0 spiro atoms. The van der Waals surface area contributed by atoms with Crippen LogP contribution in [0, 0.1) is 0 Å². The van der Waals surface area contributed by atoms with Crippen LogP contribution in [0.4, 0.5) is 5.69 Å². The van der Waals surface area contributed by atoms with Gasteiger partial charge < -0.3 is 5.32 Å². The Bertz CT molecular complexity index is 284. The molecule has 1 N–H and O–H groups in total. The fourth-order valence-corrected chi connectivity index (χ4v) is 2.28. The third kappa shape index (κ3) is 2.12. The topological polar surface area (TPSA) is 12.0 Å². The quantitative estimate of drug-likeness (QED) is 0.761. The molecule has 0 aromatic heterocycles. The van der Waals surface area contributed by atoms with E-state index in [1.165, 1.54) is 12.0 Å². The fraction of sp³-hybridized carbons (Fsp3) is 0.333. The molecule has 0 bridgehead atoms. The average molecular weight is 283 g/mol. The summed E-state index contributed by atoms with van der Waals surface area (Å²) in [7, 11) is 0. The van der Waals surface area contributed by atoms with Gasteiger partial charge in [0.1, 0.15) is 0 Å². The van der Waals surface area contributed by atoms with Crippen molar-refractivity contribution in [2.24, 2.45) is 0 Å². The first-order valence-corrected chi connectivity index (χ1v) is 5.17. The van der Waals surface area contributed by atoms with Crippen molar-refractivity contribution in [1.29, 1.82) is 0 Å². The number of hydrogen-bond donors (Lipinski definition) is 1. The summed E-state index contributed by atoms with van der Waals surface area (Å²) in [5.74, 6) is 0. The van der Waals surface area contributed by atoms with Gasteiger partial charge in [0.15, 0.2) is 0 Å². The van der Waals surface area contributed by atoms with E-state index in [1.807, 2.05) is 12.1 Å². The van der Waals surface area contributed by atoms with Crippen LogP contribution >= 0.6 is 39.9 Å². The molecule has 1 aromatic carbocycles. The number of fused-ring (bicyclic) bond motifs is 1. The lowest BCUT2D eigenvalue weighted by Gasteiger charge is -2.20. The summed E-state index contributed by atoms with van der Waals surface area (Å²) >= 11 is 9.55. The minimum absolute atomic E-state index is 0. The van der Waals surface area contributed by atoms with Gasteiger partial charge in [-0.25, -0.2) is 0 Å². The number of benzene rings is 1. The van der Waals surface area contributed by atoms with Crippen LogP contribution < -0.4 is 5.32 Å². The minimum Gasteiger partial charge on any atom is -0.384 e. The van der Waals surface area contributed by atoms with Gasteiger partial charge in [-0.2, -0.15) is 0 Å². The molecule has 0 saturated heterocycles. The highest BCUT2D eigenvalue weighted by Gasteiger charge is 2.13. The van der Waals surface area contributed by atoms with Crippen LogP contribution in [0.5, 0.6) is 0 Å². The Labute approximate surface area is 97.4 Å². The smallest absolute Gasteiger partial charge is 0.0641 e. The molecule has 0 fully saturated rings. The molecular weight excluding hydrogens is 273 g/mol. The Balaban J connectivity index is 0.000000845. The molecule has 0 atom stereocenters. The number of nitrogens with one attached hydrogen (secondary N) is 1. The third-order valence-electron chi connectivity index (χ3n) is 2.11. The van der Waals surface area contributed by atoms with Gasteiger partial charge in [0.25, 0.3) is 0 Å². The zero-order valence-electron chi connectivity index (χ0n) is 6.94. The molecule has 0 saturated carbocycles. The van der Waals surface area contributed by atoms with Crippen molar-refractivity contribution in [3.8, 4) is 0 Å². The first kappa shape index (κ1) is 11.2. The predicted octanol–water partition coefficient (Wildman–Crippen LogP) is 3.88. The average Bonchev–Trinajstić information content (AvgIpc) is 2.12. The van der Waals surface area contributed by atoms with E-state index in [4.69, 9.17) is 11.6 Å². The highest BCUT2D eigenvalue weighted by Crippen LogP contribution is 2.34. The molecule has 0 amide bonds. The molecule has 72 valence electrons. The van der Waals surface area contributed by atoms with E-state index < -0.39 is 0 Å². The van der Waals surface area contributed by atoms with E-state index in [-0.39, 0.29) is 12.4 Å². The van der Waals surface area contributed by atoms with E-state index in [1.54, 1.807) is 0 Å².